The zero-order valence-electron chi connectivity index (χ0n) is 18.4. The molecule has 0 radical (unpaired) electrons. The summed E-state index contributed by atoms with van der Waals surface area (Å²) in [6.45, 7) is 4.98. The highest BCUT2D eigenvalue weighted by Crippen LogP contribution is 2.48. The predicted molar refractivity (Wildman–Crippen MR) is 124 cm³/mol. The molecule has 0 saturated heterocycles. The van der Waals surface area contributed by atoms with E-state index in [1.807, 2.05) is 24.3 Å². The number of sulfonamides is 1. The summed E-state index contributed by atoms with van der Waals surface area (Å²) in [6.07, 6.45) is 6.87. The Hall–Kier alpha value is -2.34. The molecule has 4 rings (SSSR count). The van der Waals surface area contributed by atoms with Crippen LogP contribution >= 0.6 is 0 Å². The van der Waals surface area contributed by atoms with Crippen LogP contribution in [0.2, 0.25) is 0 Å². The average Bonchev–Trinajstić information content (AvgIpc) is 3.55. The molecule has 31 heavy (non-hydrogen) atoms. The van der Waals surface area contributed by atoms with E-state index >= 15 is 0 Å². The number of nitrogens with one attached hydrogen (secondary N) is 2. The van der Waals surface area contributed by atoms with Gasteiger partial charge in [-0.25, -0.2) is 8.42 Å². The van der Waals surface area contributed by atoms with E-state index in [1.54, 1.807) is 18.2 Å². The molecule has 1 amide bonds. The molecule has 0 unspecified atom stereocenters. The van der Waals surface area contributed by atoms with Gasteiger partial charge in [-0.1, -0.05) is 32.0 Å². The molecule has 166 valence electrons. The number of fused-ring (bicyclic) bond motifs is 1. The second kappa shape index (κ2) is 8.65. The standard InChI is InChI=1S/C25H32N2O3S/c1-18(2)13-16-26-24(28)25(14-15-25)21-8-10-22(11-9-21)27-31(29,30)23-12-7-19-5-3-4-6-20(19)17-23/h7-12,17-18,27H,3-6,13-16H2,1-2H3,(H,26,28). The van der Waals surface area contributed by atoms with Crippen molar-refractivity contribution in [2.24, 2.45) is 5.92 Å². The largest absolute Gasteiger partial charge is 0.355 e. The molecule has 0 bridgehead atoms. The second-order valence-corrected chi connectivity index (χ2v) is 11.0. The number of rotatable bonds is 8. The fourth-order valence-electron chi connectivity index (χ4n) is 4.36. The first-order valence-corrected chi connectivity index (χ1v) is 12.8. The van der Waals surface area contributed by atoms with E-state index in [1.165, 1.54) is 12.0 Å². The summed E-state index contributed by atoms with van der Waals surface area (Å²) in [5, 5.41) is 3.06. The van der Waals surface area contributed by atoms with Crippen LogP contribution in [0.5, 0.6) is 0 Å². The quantitative estimate of drug-likeness (QED) is 0.632. The van der Waals surface area contributed by atoms with E-state index < -0.39 is 15.4 Å². The molecule has 5 nitrogen and oxygen atoms in total. The molecule has 0 atom stereocenters. The molecule has 1 saturated carbocycles. The van der Waals surface area contributed by atoms with E-state index in [-0.39, 0.29) is 5.91 Å². The Morgan fingerprint density at radius 3 is 2.32 bits per heavy atom. The van der Waals surface area contributed by atoms with Crippen LogP contribution in [0.4, 0.5) is 5.69 Å². The number of carbonyl (C=O) groups excluding carboxylic acids is 1. The van der Waals surface area contributed by atoms with Gasteiger partial charge in [0.2, 0.25) is 5.91 Å². The third-order valence-electron chi connectivity index (χ3n) is 6.51. The van der Waals surface area contributed by atoms with Crippen LogP contribution < -0.4 is 10.0 Å². The summed E-state index contributed by atoms with van der Waals surface area (Å²) in [5.74, 6) is 0.633. The minimum absolute atomic E-state index is 0.0792. The van der Waals surface area contributed by atoms with Crippen molar-refractivity contribution in [1.29, 1.82) is 0 Å². The lowest BCUT2D eigenvalue weighted by Crippen LogP contribution is -2.35. The molecule has 2 N–H and O–H groups in total. The van der Waals surface area contributed by atoms with E-state index in [0.717, 1.165) is 49.7 Å². The highest BCUT2D eigenvalue weighted by atomic mass is 32.2. The van der Waals surface area contributed by atoms with Crippen LogP contribution in [0.3, 0.4) is 0 Å². The maximum Gasteiger partial charge on any atom is 0.261 e. The first kappa shape index (κ1) is 21.9. The van der Waals surface area contributed by atoms with Gasteiger partial charge in [0.05, 0.1) is 10.3 Å². The molecular formula is C25H32N2O3S. The van der Waals surface area contributed by atoms with Crippen LogP contribution in [0.1, 0.15) is 62.6 Å². The van der Waals surface area contributed by atoms with Crippen molar-refractivity contribution in [2.75, 3.05) is 11.3 Å². The van der Waals surface area contributed by atoms with Gasteiger partial charge in [-0.2, -0.15) is 0 Å². The monoisotopic (exact) mass is 440 g/mol. The Balaban J connectivity index is 1.44. The van der Waals surface area contributed by atoms with Gasteiger partial charge in [-0.15, -0.1) is 0 Å². The Kier molecular flexibility index (Phi) is 6.11. The topological polar surface area (TPSA) is 75.3 Å². The molecule has 0 aromatic heterocycles. The Morgan fingerprint density at radius 1 is 1.00 bits per heavy atom. The van der Waals surface area contributed by atoms with Crippen LogP contribution in [-0.4, -0.2) is 20.9 Å². The number of amides is 1. The van der Waals surface area contributed by atoms with Gasteiger partial charge in [0, 0.05) is 12.2 Å². The fraction of sp³-hybridized carbons (Fsp3) is 0.480. The number of carbonyl (C=O) groups is 1. The van der Waals surface area contributed by atoms with Crippen molar-refractivity contribution in [1.82, 2.24) is 5.32 Å². The van der Waals surface area contributed by atoms with Gasteiger partial charge in [0.1, 0.15) is 0 Å². The van der Waals surface area contributed by atoms with Gasteiger partial charge in [-0.05, 0) is 91.8 Å². The fourth-order valence-corrected chi connectivity index (χ4v) is 5.47. The minimum Gasteiger partial charge on any atom is -0.355 e. The summed E-state index contributed by atoms with van der Waals surface area (Å²) in [5.41, 5.74) is 3.41. The maximum atomic E-state index is 12.9. The second-order valence-electron chi connectivity index (χ2n) is 9.34. The third-order valence-corrected chi connectivity index (χ3v) is 7.89. The molecule has 2 aliphatic carbocycles. The lowest BCUT2D eigenvalue weighted by atomic mass is 9.92. The zero-order chi connectivity index (χ0) is 22.1. The summed E-state index contributed by atoms with van der Waals surface area (Å²) in [7, 11) is -3.65. The number of hydrogen-bond donors (Lipinski definition) is 2. The highest BCUT2D eigenvalue weighted by Gasteiger charge is 2.51. The van der Waals surface area contributed by atoms with Gasteiger partial charge < -0.3 is 5.32 Å². The SMILES string of the molecule is CC(C)CCNC(=O)C1(c2ccc(NS(=O)(=O)c3ccc4c(c3)CCCC4)cc2)CC1. The Bertz CT molecular complexity index is 1050. The summed E-state index contributed by atoms with van der Waals surface area (Å²) >= 11 is 0. The zero-order valence-corrected chi connectivity index (χ0v) is 19.2. The lowest BCUT2D eigenvalue weighted by molar-refractivity contribution is -0.123. The van der Waals surface area contributed by atoms with E-state index in [0.29, 0.717) is 23.0 Å². The van der Waals surface area contributed by atoms with Gasteiger partial charge in [0.15, 0.2) is 0 Å². The third kappa shape index (κ3) is 4.79. The molecular weight excluding hydrogens is 408 g/mol. The average molecular weight is 441 g/mol. The van der Waals surface area contributed by atoms with Gasteiger partial charge in [0.25, 0.3) is 10.0 Å². The molecule has 0 aliphatic heterocycles. The van der Waals surface area contributed by atoms with Crippen LogP contribution in [0.15, 0.2) is 47.4 Å². The summed E-state index contributed by atoms with van der Waals surface area (Å²) in [4.78, 5) is 13.0. The van der Waals surface area contributed by atoms with Crippen molar-refractivity contribution >= 4 is 21.6 Å². The number of benzene rings is 2. The van der Waals surface area contributed by atoms with Crippen molar-refractivity contribution < 1.29 is 13.2 Å². The first-order valence-electron chi connectivity index (χ1n) is 11.3. The first-order chi connectivity index (χ1) is 14.8. The molecule has 0 spiro atoms. The van der Waals surface area contributed by atoms with Crippen LogP contribution in [0, 0.1) is 5.92 Å². The normalized spacial score (nSPS) is 17.1. The predicted octanol–water partition coefficient (Wildman–Crippen LogP) is 4.56. The summed E-state index contributed by atoms with van der Waals surface area (Å²) in [6, 6.07) is 12.7. The van der Waals surface area contributed by atoms with Crippen molar-refractivity contribution in [3.05, 3.63) is 59.2 Å². The lowest BCUT2D eigenvalue weighted by Gasteiger charge is -2.18. The molecule has 2 aliphatic rings. The van der Waals surface area contributed by atoms with Gasteiger partial charge >= 0.3 is 0 Å². The van der Waals surface area contributed by atoms with E-state index in [2.05, 4.69) is 23.9 Å². The summed E-state index contributed by atoms with van der Waals surface area (Å²) < 4.78 is 28.5. The minimum atomic E-state index is -3.65. The number of aryl methyl sites for hydroxylation is 2. The highest BCUT2D eigenvalue weighted by molar-refractivity contribution is 7.92. The van der Waals surface area contributed by atoms with E-state index in [9.17, 15) is 13.2 Å². The van der Waals surface area contributed by atoms with Crippen molar-refractivity contribution in [3.8, 4) is 0 Å². The van der Waals surface area contributed by atoms with Crippen LogP contribution in [0.25, 0.3) is 0 Å². The maximum absolute atomic E-state index is 12.9. The molecule has 6 heteroatoms. The Labute approximate surface area is 185 Å². The van der Waals surface area contributed by atoms with E-state index in [4.69, 9.17) is 0 Å². The van der Waals surface area contributed by atoms with Crippen LogP contribution in [-0.2, 0) is 33.1 Å². The molecule has 1 fully saturated rings. The van der Waals surface area contributed by atoms with Crippen molar-refractivity contribution in [3.63, 3.8) is 0 Å². The van der Waals surface area contributed by atoms with Gasteiger partial charge in [-0.3, -0.25) is 9.52 Å². The molecule has 2 aromatic rings. The number of hydrogen-bond acceptors (Lipinski definition) is 3. The number of anilines is 1. The Morgan fingerprint density at radius 2 is 1.68 bits per heavy atom. The smallest absolute Gasteiger partial charge is 0.261 e. The molecule has 2 aromatic carbocycles. The molecule has 0 heterocycles. The van der Waals surface area contributed by atoms with Crippen molar-refractivity contribution in [2.45, 2.75) is 69.1 Å².